The summed E-state index contributed by atoms with van der Waals surface area (Å²) in [6, 6.07) is 2.87. The molecule has 0 unspecified atom stereocenters. The summed E-state index contributed by atoms with van der Waals surface area (Å²) in [6.07, 6.45) is 0. The van der Waals surface area contributed by atoms with Crippen LogP contribution < -0.4 is 0 Å². The predicted molar refractivity (Wildman–Crippen MR) is 76.6 cm³/mol. The topological polar surface area (TPSA) is 76.0 Å². The van der Waals surface area contributed by atoms with Crippen LogP contribution in [0.2, 0.25) is 5.15 Å². The van der Waals surface area contributed by atoms with E-state index in [1.165, 1.54) is 12.1 Å². The summed E-state index contributed by atoms with van der Waals surface area (Å²) in [5, 5.41) is 10.1. The minimum Gasteiger partial charge on any atom is -0.478 e. The molecule has 5 nitrogen and oxygen atoms in total. The molecule has 0 aliphatic carbocycles. The van der Waals surface area contributed by atoms with Crippen molar-refractivity contribution < 1.29 is 9.90 Å². The number of halogens is 1. The molecular weight excluding hydrogens is 298 g/mol. The number of hydrogen-bond donors (Lipinski definition) is 1. The lowest BCUT2D eigenvalue weighted by molar-refractivity contribution is 0.0692. The molecule has 0 aliphatic heterocycles. The number of nitrogens with zero attached hydrogens (tertiary/aromatic N) is 3. The van der Waals surface area contributed by atoms with Crippen LogP contribution in [0, 0.1) is 20.8 Å². The molecule has 2 rings (SSSR count). The number of rotatable bonds is 3. The molecule has 1 N–H and O–H groups in total. The maximum Gasteiger partial charge on any atom is 0.338 e. The Balaban J connectivity index is 2.44. The van der Waals surface area contributed by atoms with Crippen molar-refractivity contribution in [2.75, 3.05) is 0 Å². The Labute approximate surface area is 125 Å². The second-order valence-corrected chi connectivity index (χ2v) is 5.54. The maximum atomic E-state index is 11.2. The van der Waals surface area contributed by atoms with Crippen LogP contribution in [0.1, 0.15) is 27.3 Å². The highest BCUT2D eigenvalue weighted by Crippen LogP contribution is 2.28. The lowest BCUT2D eigenvalue weighted by Crippen LogP contribution is -2.03. The molecule has 2 heterocycles. The summed E-state index contributed by atoms with van der Waals surface area (Å²) in [5.74, 6) is -1.06. The van der Waals surface area contributed by atoms with Crippen molar-refractivity contribution in [3.8, 4) is 0 Å². The molecule has 0 amide bonds. The van der Waals surface area contributed by atoms with Gasteiger partial charge in [-0.3, -0.25) is 0 Å². The fourth-order valence-electron chi connectivity index (χ4n) is 1.53. The van der Waals surface area contributed by atoms with Crippen LogP contribution in [0.25, 0.3) is 0 Å². The zero-order valence-corrected chi connectivity index (χ0v) is 12.7. The maximum absolute atomic E-state index is 11.2. The predicted octanol–water partition coefficient (Wildman–Crippen LogP) is 3.30. The summed E-state index contributed by atoms with van der Waals surface area (Å²) in [4.78, 5) is 23.9. The van der Waals surface area contributed by atoms with Gasteiger partial charge in [0.15, 0.2) is 5.16 Å². The van der Waals surface area contributed by atoms with E-state index >= 15 is 0 Å². The Kier molecular flexibility index (Phi) is 4.25. The molecule has 0 bridgehead atoms. The Hall–Kier alpha value is -1.66. The molecule has 0 aliphatic rings. The van der Waals surface area contributed by atoms with Gasteiger partial charge < -0.3 is 5.11 Å². The standard InChI is InChI=1S/C13H12ClN3O2S/c1-6-7(2)15-13(16-8(6)3)20-11-9(12(18)19)4-5-10(14)17-11/h4-5H,1-3H3,(H,18,19). The Morgan fingerprint density at radius 3 is 2.30 bits per heavy atom. The summed E-state index contributed by atoms with van der Waals surface area (Å²) in [5.41, 5.74) is 2.82. The van der Waals surface area contributed by atoms with E-state index in [4.69, 9.17) is 16.7 Å². The molecule has 0 saturated carbocycles. The van der Waals surface area contributed by atoms with Crippen molar-refractivity contribution in [2.24, 2.45) is 0 Å². The SMILES string of the molecule is Cc1nc(Sc2nc(Cl)ccc2C(=O)O)nc(C)c1C. The fourth-order valence-corrected chi connectivity index (χ4v) is 2.68. The molecule has 0 spiro atoms. The van der Waals surface area contributed by atoms with E-state index in [9.17, 15) is 4.79 Å². The van der Waals surface area contributed by atoms with Crippen LogP contribution in [-0.4, -0.2) is 26.0 Å². The number of pyridine rings is 1. The molecule has 0 fully saturated rings. The van der Waals surface area contributed by atoms with Crippen molar-refractivity contribution in [2.45, 2.75) is 31.0 Å². The quantitative estimate of drug-likeness (QED) is 0.692. The van der Waals surface area contributed by atoms with Crippen molar-refractivity contribution in [1.82, 2.24) is 15.0 Å². The minimum atomic E-state index is -1.06. The van der Waals surface area contributed by atoms with Gasteiger partial charge in [-0.05, 0) is 50.2 Å². The van der Waals surface area contributed by atoms with Crippen LogP contribution in [0.5, 0.6) is 0 Å². The van der Waals surface area contributed by atoms with E-state index in [0.717, 1.165) is 28.7 Å². The van der Waals surface area contributed by atoms with E-state index < -0.39 is 5.97 Å². The van der Waals surface area contributed by atoms with E-state index in [2.05, 4.69) is 15.0 Å². The average molecular weight is 310 g/mol. The van der Waals surface area contributed by atoms with E-state index in [1.54, 1.807) is 0 Å². The van der Waals surface area contributed by atoms with Crippen LogP contribution >= 0.6 is 23.4 Å². The molecule has 7 heteroatoms. The summed E-state index contributed by atoms with van der Waals surface area (Å²) in [6.45, 7) is 5.72. The fraction of sp³-hybridized carbons (Fsp3) is 0.231. The number of carboxylic acids is 1. The number of aryl methyl sites for hydroxylation is 2. The average Bonchev–Trinajstić information content (AvgIpc) is 2.35. The van der Waals surface area contributed by atoms with Crippen LogP contribution in [0.4, 0.5) is 0 Å². The first kappa shape index (κ1) is 14.7. The first-order valence-electron chi connectivity index (χ1n) is 5.78. The first-order chi connectivity index (χ1) is 9.38. The van der Waals surface area contributed by atoms with Gasteiger partial charge in [0, 0.05) is 11.4 Å². The smallest absolute Gasteiger partial charge is 0.338 e. The zero-order valence-electron chi connectivity index (χ0n) is 11.1. The molecular formula is C13H12ClN3O2S. The summed E-state index contributed by atoms with van der Waals surface area (Å²) in [7, 11) is 0. The molecule has 0 atom stereocenters. The van der Waals surface area contributed by atoms with Gasteiger partial charge in [0.1, 0.15) is 10.2 Å². The van der Waals surface area contributed by atoms with Crippen LogP contribution in [0.15, 0.2) is 22.3 Å². The molecule has 0 radical (unpaired) electrons. The third kappa shape index (κ3) is 3.08. The summed E-state index contributed by atoms with van der Waals surface area (Å²) >= 11 is 6.91. The number of carboxylic acid groups (broad SMARTS) is 1. The highest BCUT2D eigenvalue weighted by molar-refractivity contribution is 7.99. The second-order valence-electron chi connectivity index (χ2n) is 4.20. The molecule has 0 aromatic carbocycles. The van der Waals surface area contributed by atoms with Gasteiger partial charge >= 0.3 is 5.97 Å². The zero-order chi connectivity index (χ0) is 14.9. The number of aromatic carboxylic acids is 1. The van der Waals surface area contributed by atoms with E-state index in [0.29, 0.717) is 5.16 Å². The van der Waals surface area contributed by atoms with Gasteiger partial charge in [-0.15, -0.1) is 0 Å². The Morgan fingerprint density at radius 2 is 1.75 bits per heavy atom. The minimum absolute atomic E-state index is 0.0823. The third-order valence-electron chi connectivity index (χ3n) is 2.86. The Bertz CT molecular complexity index is 668. The van der Waals surface area contributed by atoms with Gasteiger partial charge in [-0.2, -0.15) is 0 Å². The van der Waals surface area contributed by atoms with Crippen LogP contribution in [0.3, 0.4) is 0 Å². The molecule has 2 aromatic heterocycles. The second kappa shape index (κ2) is 5.76. The lowest BCUT2D eigenvalue weighted by atomic mass is 10.2. The first-order valence-corrected chi connectivity index (χ1v) is 6.97. The largest absolute Gasteiger partial charge is 0.478 e. The van der Waals surface area contributed by atoms with E-state index in [1.807, 2.05) is 20.8 Å². The molecule has 104 valence electrons. The van der Waals surface area contributed by atoms with Crippen molar-refractivity contribution >= 4 is 29.3 Å². The number of carbonyl (C=O) groups is 1. The van der Waals surface area contributed by atoms with Crippen LogP contribution in [-0.2, 0) is 0 Å². The highest BCUT2D eigenvalue weighted by atomic mass is 35.5. The van der Waals surface area contributed by atoms with E-state index in [-0.39, 0.29) is 15.7 Å². The van der Waals surface area contributed by atoms with Gasteiger partial charge in [-0.1, -0.05) is 11.6 Å². The van der Waals surface area contributed by atoms with Gasteiger partial charge in [0.05, 0.1) is 5.56 Å². The number of hydrogen-bond acceptors (Lipinski definition) is 5. The highest BCUT2D eigenvalue weighted by Gasteiger charge is 2.15. The van der Waals surface area contributed by atoms with Crippen molar-refractivity contribution in [3.05, 3.63) is 39.8 Å². The Morgan fingerprint density at radius 1 is 1.15 bits per heavy atom. The lowest BCUT2D eigenvalue weighted by Gasteiger charge is -2.08. The molecule has 20 heavy (non-hydrogen) atoms. The van der Waals surface area contributed by atoms with Gasteiger partial charge in [0.2, 0.25) is 0 Å². The third-order valence-corrected chi connectivity index (χ3v) is 3.94. The molecule has 2 aromatic rings. The summed E-state index contributed by atoms with van der Waals surface area (Å²) < 4.78 is 0. The molecule has 0 saturated heterocycles. The monoisotopic (exact) mass is 309 g/mol. The van der Waals surface area contributed by atoms with Crippen molar-refractivity contribution in [3.63, 3.8) is 0 Å². The van der Waals surface area contributed by atoms with Crippen molar-refractivity contribution in [1.29, 1.82) is 0 Å². The van der Waals surface area contributed by atoms with Gasteiger partial charge in [0.25, 0.3) is 0 Å². The normalized spacial score (nSPS) is 10.6. The van der Waals surface area contributed by atoms with Gasteiger partial charge in [-0.25, -0.2) is 19.7 Å². The number of aromatic nitrogens is 3.